The third-order valence-corrected chi connectivity index (χ3v) is 5.90. The second-order valence-electron chi connectivity index (χ2n) is 8.12. The van der Waals surface area contributed by atoms with Crippen molar-refractivity contribution in [3.05, 3.63) is 41.7 Å². The summed E-state index contributed by atoms with van der Waals surface area (Å²) in [4.78, 5) is 17.6. The molecule has 1 aromatic carbocycles. The van der Waals surface area contributed by atoms with E-state index in [-0.39, 0.29) is 23.7 Å². The summed E-state index contributed by atoms with van der Waals surface area (Å²) in [5, 5.41) is 12.7. The van der Waals surface area contributed by atoms with Crippen LogP contribution in [0.4, 0.5) is 5.69 Å². The zero-order valence-corrected chi connectivity index (χ0v) is 16.2. The van der Waals surface area contributed by atoms with Crippen LogP contribution in [0.2, 0.25) is 0 Å². The van der Waals surface area contributed by atoms with E-state index in [9.17, 15) is 4.79 Å². The van der Waals surface area contributed by atoms with E-state index in [1.54, 1.807) is 0 Å². The van der Waals surface area contributed by atoms with E-state index in [1.165, 1.54) is 0 Å². The molecule has 2 aliphatic rings. The van der Waals surface area contributed by atoms with Crippen LogP contribution in [0.5, 0.6) is 0 Å². The number of Topliss-reactive ketones (excluding diaryl/α,β-unsaturated/α-hetero) is 1. The summed E-state index contributed by atoms with van der Waals surface area (Å²) in [6.45, 7) is 10.9. The number of anilines is 1. The van der Waals surface area contributed by atoms with Gasteiger partial charge in [0.2, 0.25) is 0 Å². The first-order chi connectivity index (χ1) is 12.4. The molecule has 3 rings (SSSR count). The monoisotopic (exact) mass is 357 g/mol. The number of hydrogen-bond donors (Lipinski definition) is 2. The van der Waals surface area contributed by atoms with Gasteiger partial charge in [0.15, 0.2) is 5.78 Å². The van der Waals surface area contributed by atoms with Crippen molar-refractivity contribution in [2.24, 2.45) is 11.3 Å². The Morgan fingerprint density at radius 1 is 1.15 bits per heavy atom. The number of allylic oxidation sites excluding steroid dienone is 2. The average Bonchev–Trinajstić information content (AvgIpc) is 2.61. The van der Waals surface area contributed by atoms with Gasteiger partial charge in [-0.1, -0.05) is 39.0 Å². The number of carbonyl (C=O) groups is 1. The number of nitrogens with one attached hydrogen (secondary N) is 1. The largest absolute Gasteiger partial charge is 0.395 e. The van der Waals surface area contributed by atoms with Gasteiger partial charge >= 0.3 is 0 Å². The maximum Gasteiger partial charge on any atom is 0.181 e. The van der Waals surface area contributed by atoms with Crippen molar-refractivity contribution in [2.45, 2.75) is 27.2 Å². The first-order valence-corrected chi connectivity index (χ1v) is 9.60. The van der Waals surface area contributed by atoms with Gasteiger partial charge in [-0.15, -0.1) is 0 Å². The SMILES string of the molecule is CC1C(Nc2ccccc2)=C(N2CCN(CCO)CC2)C(=O)CC1(C)C. The fraction of sp³-hybridized carbons (Fsp3) is 0.571. The predicted octanol–water partition coefficient (Wildman–Crippen LogP) is 2.56. The maximum absolute atomic E-state index is 13.1. The van der Waals surface area contributed by atoms with Gasteiger partial charge in [0.1, 0.15) is 5.70 Å². The summed E-state index contributed by atoms with van der Waals surface area (Å²) < 4.78 is 0. The molecule has 142 valence electrons. The summed E-state index contributed by atoms with van der Waals surface area (Å²) >= 11 is 0. The number of rotatable bonds is 5. The molecule has 0 amide bonds. The molecule has 1 atom stereocenters. The lowest BCUT2D eigenvalue weighted by Gasteiger charge is -2.44. The Balaban J connectivity index is 1.90. The summed E-state index contributed by atoms with van der Waals surface area (Å²) in [5.41, 5.74) is 2.88. The Morgan fingerprint density at radius 3 is 2.42 bits per heavy atom. The minimum Gasteiger partial charge on any atom is -0.395 e. The van der Waals surface area contributed by atoms with E-state index in [1.807, 2.05) is 30.3 Å². The Hall–Kier alpha value is -1.85. The second kappa shape index (κ2) is 7.80. The Bertz CT molecular complexity index is 661. The number of para-hydroxylation sites is 1. The van der Waals surface area contributed by atoms with Crippen molar-refractivity contribution in [3.63, 3.8) is 0 Å². The first kappa shape index (κ1) is 18.9. The predicted molar refractivity (Wildman–Crippen MR) is 105 cm³/mol. The van der Waals surface area contributed by atoms with E-state index >= 15 is 0 Å². The number of ketones is 1. The van der Waals surface area contributed by atoms with Crippen molar-refractivity contribution < 1.29 is 9.90 Å². The zero-order chi connectivity index (χ0) is 18.7. The van der Waals surface area contributed by atoms with Crippen molar-refractivity contribution >= 4 is 11.5 Å². The summed E-state index contributed by atoms with van der Waals surface area (Å²) in [5.74, 6) is 0.507. The molecular weight excluding hydrogens is 326 g/mol. The molecule has 0 saturated carbocycles. The third-order valence-electron chi connectivity index (χ3n) is 5.90. The van der Waals surface area contributed by atoms with E-state index in [0.29, 0.717) is 13.0 Å². The molecule has 0 aromatic heterocycles. The van der Waals surface area contributed by atoms with Crippen LogP contribution in [0.1, 0.15) is 27.2 Å². The Morgan fingerprint density at radius 2 is 1.81 bits per heavy atom. The molecule has 0 bridgehead atoms. The van der Waals surface area contributed by atoms with Crippen LogP contribution >= 0.6 is 0 Å². The van der Waals surface area contributed by atoms with Gasteiger partial charge in [0.25, 0.3) is 0 Å². The fourth-order valence-corrected chi connectivity index (χ4v) is 3.92. The van der Waals surface area contributed by atoms with Crippen molar-refractivity contribution in [1.82, 2.24) is 9.80 Å². The number of carbonyl (C=O) groups excluding carboxylic acids is 1. The molecule has 1 aliphatic carbocycles. The number of β-amino-alcohol motifs (C(OH)–C–C–N with tert-alkyl or cyclic N) is 1. The molecule has 1 heterocycles. The van der Waals surface area contributed by atoms with Gasteiger partial charge in [-0.3, -0.25) is 9.69 Å². The number of nitrogens with zero attached hydrogens (tertiary/aromatic N) is 2. The number of aliphatic hydroxyl groups excluding tert-OH is 1. The van der Waals surface area contributed by atoms with Gasteiger partial charge in [-0.2, -0.15) is 0 Å². The van der Waals surface area contributed by atoms with Crippen molar-refractivity contribution in [2.75, 3.05) is 44.6 Å². The standard InChI is InChI=1S/C21H31N3O2/c1-16-19(22-17-7-5-4-6-8-17)20(18(26)15-21(16,2)3)24-11-9-23(10-12-24)13-14-25/h4-8,16,22,25H,9-15H2,1-3H3. The van der Waals surface area contributed by atoms with E-state index in [0.717, 1.165) is 43.3 Å². The van der Waals surface area contributed by atoms with E-state index in [4.69, 9.17) is 5.11 Å². The topological polar surface area (TPSA) is 55.8 Å². The molecule has 1 aromatic rings. The van der Waals surface area contributed by atoms with Crippen LogP contribution < -0.4 is 5.32 Å². The quantitative estimate of drug-likeness (QED) is 0.848. The zero-order valence-electron chi connectivity index (χ0n) is 16.2. The molecule has 1 aliphatic heterocycles. The molecule has 5 heteroatoms. The molecule has 0 radical (unpaired) electrons. The Kier molecular flexibility index (Phi) is 5.68. The van der Waals surface area contributed by atoms with E-state index < -0.39 is 0 Å². The van der Waals surface area contributed by atoms with Crippen LogP contribution in [0.15, 0.2) is 41.7 Å². The highest BCUT2D eigenvalue weighted by molar-refractivity contribution is 5.97. The highest BCUT2D eigenvalue weighted by Gasteiger charge is 2.41. The summed E-state index contributed by atoms with van der Waals surface area (Å²) in [6.07, 6.45) is 0.584. The number of hydrogen-bond acceptors (Lipinski definition) is 5. The number of piperazine rings is 1. The Labute approximate surface area is 156 Å². The first-order valence-electron chi connectivity index (χ1n) is 9.60. The van der Waals surface area contributed by atoms with Gasteiger partial charge in [0, 0.05) is 56.4 Å². The van der Waals surface area contributed by atoms with E-state index in [2.05, 4.69) is 35.9 Å². The highest BCUT2D eigenvalue weighted by atomic mass is 16.3. The highest BCUT2D eigenvalue weighted by Crippen LogP contribution is 2.43. The molecular formula is C21H31N3O2. The lowest BCUT2D eigenvalue weighted by molar-refractivity contribution is -0.120. The number of benzene rings is 1. The molecule has 1 saturated heterocycles. The lowest BCUT2D eigenvalue weighted by atomic mass is 9.69. The number of aliphatic hydroxyl groups is 1. The third kappa shape index (κ3) is 3.94. The van der Waals surface area contributed by atoms with Gasteiger partial charge < -0.3 is 15.3 Å². The van der Waals surface area contributed by atoms with Gasteiger partial charge in [-0.25, -0.2) is 0 Å². The smallest absolute Gasteiger partial charge is 0.181 e. The van der Waals surface area contributed by atoms with Crippen molar-refractivity contribution in [3.8, 4) is 0 Å². The summed E-state index contributed by atoms with van der Waals surface area (Å²) in [6, 6.07) is 10.1. The average molecular weight is 357 g/mol. The maximum atomic E-state index is 13.1. The summed E-state index contributed by atoms with van der Waals surface area (Å²) in [7, 11) is 0. The minimum atomic E-state index is -0.0591. The lowest BCUT2D eigenvalue weighted by Crippen LogP contribution is -2.50. The van der Waals surface area contributed by atoms with Crippen LogP contribution in [0.25, 0.3) is 0 Å². The molecule has 0 spiro atoms. The molecule has 1 fully saturated rings. The van der Waals surface area contributed by atoms with Gasteiger partial charge in [-0.05, 0) is 17.5 Å². The van der Waals surface area contributed by atoms with Crippen LogP contribution in [0, 0.1) is 11.3 Å². The van der Waals surface area contributed by atoms with Crippen LogP contribution in [-0.4, -0.2) is 60.0 Å². The fourth-order valence-electron chi connectivity index (χ4n) is 3.92. The molecule has 26 heavy (non-hydrogen) atoms. The van der Waals surface area contributed by atoms with Gasteiger partial charge in [0.05, 0.1) is 6.61 Å². The second-order valence-corrected chi connectivity index (χ2v) is 8.12. The molecule has 2 N–H and O–H groups in total. The normalized spacial score (nSPS) is 24.1. The minimum absolute atomic E-state index is 0.0591. The van der Waals surface area contributed by atoms with Crippen LogP contribution in [0.3, 0.4) is 0 Å². The molecule has 5 nitrogen and oxygen atoms in total. The van der Waals surface area contributed by atoms with Crippen LogP contribution in [-0.2, 0) is 4.79 Å². The molecule has 1 unspecified atom stereocenters. The van der Waals surface area contributed by atoms with Crippen molar-refractivity contribution in [1.29, 1.82) is 0 Å².